The molecule has 0 unspecified atom stereocenters. The lowest BCUT2D eigenvalue weighted by Crippen LogP contribution is -2.18. The van der Waals surface area contributed by atoms with Crippen LogP contribution in [0.4, 0.5) is 0 Å². The summed E-state index contributed by atoms with van der Waals surface area (Å²) in [7, 11) is 0. The lowest BCUT2D eigenvalue weighted by atomic mass is 10.0. The fourth-order valence-corrected chi connectivity index (χ4v) is 3.19. The second-order valence-corrected chi connectivity index (χ2v) is 7.10. The normalized spacial score (nSPS) is 10.9. The average molecular weight is 429 g/mol. The lowest BCUT2D eigenvalue weighted by Gasteiger charge is -2.08. The molecule has 4 aromatic rings. The van der Waals surface area contributed by atoms with Crippen molar-refractivity contribution in [3.05, 3.63) is 113 Å². The van der Waals surface area contributed by atoms with E-state index in [2.05, 4.69) is 10.5 Å². The Morgan fingerprint density at radius 1 is 0.839 bits per heavy atom. The zero-order valence-electron chi connectivity index (χ0n) is 16.3. The van der Waals surface area contributed by atoms with E-state index < -0.39 is 5.97 Å². The Morgan fingerprint density at radius 3 is 2.39 bits per heavy atom. The molecule has 0 heterocycles. The molecule has 1 amide bonds. The molecule has 152 valence electrons. The fraction of sp³-hybridized carbons (Fsp3) is 0. The van der Waals surface area contributed by atoms with E-state index in [0.717, 1.165) is 10.8 Å². The molecule has 5 nitrogen and oxygen atoms in total. The van der Waals surface area contributed by atoms with Crippen LogP contribution in [0.25, 0.3) is 10.8 Å². The third kappa shape index (κ3) is 4.79. The van der Waals surface area contributed by atoms with Crippen LogP contribution in [0, 0.1) is 0 Å². The van der Waals surface area contributed by atoms with Gasteiger partial charge in [0.25, 0.3) is 5.91 Å². The van der Waals surface area contributed by atoms with Gasteiger partial charge < -0.3 is 4.74 Å². The number of halogens is 1. The SMILES string of the molecule is O=C(Oc1ccccc1/C=N\NC(=O)c1cccc2ccccc12)c1ccc(Cl)cc1. The van der Waals surface area contributed by atoms with E-state index in [1.165, 1.54) is 6.21 Å². The van der Waals surface area contributed by atoms with Gasteiger partial charge in [-0.05, 0) is 53.2 Å². The van der Waals surface area contributed by atoms with Crippen LogP contribution >= 0.6 is 11.6 Å². The van der Waals surface area contributed by atoms with E-state index in [9.17, 15) is 9.59 Å². The standard InChI is InChI=1S/C25H17ClN2O3/c26-20-14-12-18(13-15-20)25(30)31-23-11-4-2-7-19(23)16-27-28-24(29)22-10-5-8-17-6-1-3-9-21(17)22/h1-16H,(H,28,29)/b27-16-. The summed E-state index contributed by atoms with van der Waals surface area (Å²) in [5.74, 6) is -0.522. The van der Waals surface area contributed by atoms with Crippen molar-refractivity contribution in [2.75, 3.05) is 0 Å². The second kappa shape index (κ2) is 9.24. The number of nitrogens with one attached hydrogen (secondary N) is 1. The molecule has 0 atom stereocenters. The third-order valence-electron chi connectivity index (χ3n) is 4.61. The number of para-hydroxylation sites is 1. The van der Waals surface area contributed by atoms with Gasteiger partial charge in [0.1, 0.15) is 5.75 Å². The molecular formula is C25H17ClN2O3. The number of esters is 1. The summed E-state index contributed by atoms with van der Waals surface area (Å²) in [5.41, 5.74) is 3.98. The molecule has 4 aromatic carbocycles. The highest BCUT2D eigenvalue weighted by atomic mass is 35.5. The topological polar surface area (TPSA) is 67.8 Å². The first-order valence-corrected chi connectivity index (χ1v) is 9.87. The number of hydrogen-bond acceptors (Lipinski definition) is 4. The number of ether oxygens (including phenoxy) is 1. The highest BCUT2D eigenvalue weighted by Crippen LogP contribution is 2.20. The molecule has 0 aliphatic rings. The molecule has 0 spiro atoms. The van der Waals surface area contributed by atoms with Gasteiger partial charge in [-0.1, -0.05) is 60.1 Å². The monoisotopic (exact) mass is 428 g/mol. The molecule has 0 saturated heterocycles. The second-order valence-electron chi connectivity index (χ2n) is 6.66. The fourth-order valence-electron chi connectivity index (χ4n) is 3.07. The summed E-state index contributed by atoms with van der Waals surface area (Å²) in [6.45, 7) is 0. The van der Waals surface area contributed by atoms with E-state index in [0.29, 0.717) is 27.5 Å². The summed E-state index contributed by atoms with van der Waals surface area (Å²) in [6, 6.07) is 26.5. The number of hydrazone groups is 1. The van der Waals surface area contributed by atoms with E-state index in [4.69, 9.17) is 16.3 Å². The zero-order valence-corrected chi connectivity index (χ0v) is 17.0. The maximum absolute atomic E-state index is 12.6. The molecule has 1 N–H and O–H groups in total. The van der Waals surface area contributed by atoms with Gasteiger partial charge in [0.15, 0.2) is 0 Å². The van der Waals surface area contributed by atoms with Crippen LogP contribution in [0.2, 0.25) is 5.02 Å². The minimum atomic E-state index is -0.516. The smallest absolute Gasteiger partial charge is 0.343 e. The summed E-state index contributed by atoms with van der Waals surface area (Å²) >= 11 is 5.86. The van der Waals surface area contributed by atoms with Crippen LogP contribution in [0.5, 0.6) is 5.75 Å². The molecule has 6 heteroatoms. The maximum atomic E-state index is 12.6. The van der Waals surface area contributed by atoms with E-state index in [1.807, 2.05) is 36.4 Å². The van der Waals surface area contributed by atoms with Crippen LogP contribution in [0.3, 0.4) is 0 Å². The first-order valence-electron chi connectivity index (χ1n) is 9.50. The van der Waals surface area contributed by atoms with Crippen molar-refractivity contribution in [2.24, 2.45) is 5.10 Å². The van der Waals surface area contributed by atoms with Gasteiger partial charge in [-0.25, -0.2) is 10.2 Å². The van der Waals surface area contributed by atoms with Crippen molar-refractivity contribution in [1.29, 1.82) is 0 Å². The van der Waals surface area contributed by atoms with Crippen molar-refractivity contribution >= 4 is 40.5 Å². The van der Waals surface area contributed by atoms with Crippen molar-refractivity contribution < 1.29 is 14.3 Å². The van der Waals surface area contributed by atoms with Gasteiger partial charge in [0.2, 0.25) is 0 Å². The first kappa shape index (κ1) is 20.3. The van der Waals surface area contributed by atoms with E-state index >= 15 is 0 Å². The Kier molecular flexibility index (Phi) is 6.05. The molecule has 4 rings (SSSR count). The number of carbonyl (C=O) groups excluding carboxylic acids is 2. The Bertz CT molecular complexity index is 1280. The molecular weight excluding hydrogens is 412 g/mol. The summed E-state index contributed by atoms with van der Waals surface area (Å²) < 4.78 is 5.49. The van der Waals surface area contributed by atoms with Gasteiger partial charge in [0, 0.05) is 16.1 Å². The Labute approximate surface area is 183 Å². The molecule has 0 radical (unpaired) electrons. The maximum Gasteiger partial charge on any atom is 0.343 e. The number of amides is 1. The first-order chi connectivity index (χ1) is 15.1. The van der Waals surface area contributed by atoms with Gasteiger partial charge in [-0.3, -0.25) is 4.79 Å². The molecule has 0 aliphatic carbocycles. The van der Waals surface area contributed by atoms with Gasteiger partial charge in [-0.15, -0.1) is 0 Å². The molecule has 0 bridgehead atoms. The van der Waals surface area contributed by atoms with Crippen LogP contribution < -0.4 is 10.2 Å². The van der Waals surface area contributed by atoms with E-state index in [-0.39, 0.29) is 5.91 Å². The average Bonchev–Trinajstić information content (AvgIpc) is 2.80. The van der Waals surface area contributed by atoms with Crippen molar-refractivity contribution in [3.63, 3.8) is 0 Å². The number of carbonyl (C=O) groups is 2. The molecule has 31 heavy (non-hydrogen) atoms. The van der Waals surface area contributed by atoms with Crippen molar-refractivity contribution in [1.82, 2.24) is 5.43 Å². The zero-order chi connectivity index (χ0) is 21.6. The van der Waals surface area contributed by atoms with Crippen LogP contribution in [0.15, 0.2) is 96.1 Å². The Morgan fingerprint density at radius 2 is 1.55 bits per heavy atom. The number of fused-ring (bicyclic) bond motifs is 1. The summed E-state index contributed by atoms with van der Waals surface area (Å²) in [6.07, 6.45) is 1.44. The molecule has 0 aliphatic heterocycles. The summed E-state index contributed by atoms with van der Waals surface area (Å²) in [4.78, 5) is 25.0. The Balaban J connectivity index is 1.49. The largest absolute Gasteiger partial charge is 0.422 e. The van der Waals surface area contributed by atoms with Crippen LogP contribution in [0.1, 0.15) is 26.3 Å². The number of hydrogen-bond donors (Lipinski definition) is 1. The lowest BCUT2D eigenvalue weighted by molar-refractivity contribution is 0.0734. The van der Waals surface area contributed by atoms with Gasteiger partial charge >= 0.3 is 5.97 Å². The highest BCUT2D eigenvalue weighted by molar-refractivity contribution is 6.30. The third-order valence-corrected chi connectivity index (χ3v) is 4.86. The number of nitrogens with zero attached hydrogens (tertiary/aromatic N) is 1. The van der Waals surface area contributed by atoms with E-state index in [1.54, 1.807) is 54.6 Å². The van der Waals surface area contributed by atoms with Gasteiger partial charge in [0.05, 0.1) is 11.8 Å². The number of rotatable bonds is 5. The van der Waals surface area contributed by atoms with Crippen molar-refractivity contribution in [2.45, 2.75) is 0 Å². The quantitative estimate of drug-likeness (QED) is 0.198. The molecule has 0 fully saturated rings. The van der Waals surface area contributed by atoms with Crippen LogP contribution in [-0.4, -0.2) is 18.1 Å². The predicted molar refractivity (Wildman–Crippen MR) is 122 cm³/mol. The Hall–Kier alpha value is -3.96. The predicted octanol–water partition coefficient (Wildman–Crippen LogP) is 5.48. The molecule has 0 saturated carbocycles. The van der Waals surface area contributed by atoms with Gasteiger partial charge in [-0.2, -0.15) is 5.10 Å². The minimum Gasteiger partial charge on any atom is -0.422 e. The van der Waals surface area contributed by atoms with Crippen LogP contribution in [-0.2, 0) is 0 Å². The summed E-state index contributed by atoms with van der Waals surface area (Å²) in [5, 5.41) is 6.39. The number of benzene rings is 4. The highest BCUT2D eigenvalue weighted by Gasteiger charge is 2.11. The van der Waals surface area contributed by atoms with Crippen molar-refractivity contribution in [3.8, 4) is 5.75 Å². The minimum absolute atomic E-state index is 0.325. The molecule has 0 aromatic heterocycles.